The van der Waals surface area contributed by atoms with Crippen LogP contribution in [-0.2, 0) is 11.4 Å². The van der Waals surface area contributed by atoms with Crippen molar-refractivity contribution in [3.05, 3.63) is 70.7 Å². The van der Waals surface area contributed by atoms with Crippen LogP contribution in [0.2, 0.25) is 5.02 Å². The molecular formula is C24H21ClF3NO4S. The normalized spacial score (nSPS) is 13.4. The zero-order valence-corrected chi connectivity index (χ0v) is 19.3. The van der Waals surface area contributed by atoms with Gasteiger partial charge in [0.2, 0.25) is 0 Å². The predicted octanol–water partition coefficient (Wildman–Crippen LogP) is 6.67. The van der Waals surface area contributed by atoms with E-state index in [9.17, 15) is 18.0 Å². The number of hydrogen-bond acceptors (Lipinski definition) is 4. The van der Waals surface area contributed by atoms with Gasteiger partial charge in [0.1, 0.15) is 12.4 Å². The van der Waals surface area contributed by atoms with Crippen molar-refractivity contribution < 1.29 is 32.6 Å². The lowest BCUT2D eigenvalue weighted by Gasteiger charge is -2.27. The second-order valence-electron chi connectivity index (χ2n) is 7.47. The highest BCUT2D eigenvalue weighted by Crippen LogP contribution is 2.38. The van der Waals surface area contributed by atoms with Crippen molar-refractivity contribution in [2.45, 2.75) is 42.3 Å². The molecule has 3 aromatic carbocycles. The topological polar surface area (TPSA) is 75.6 Å². The van der Waals surface area contributed by atoms with Gasteiger partial charge in [-0.3, -0.25) is 9.59 Å². The average Bonchev–Trinajstić information content (AvgIpc) is 2.76. The van der Waals surface area contributed by atoms with Gasteiger partial charge in [0.25, 0.3) is 12.4 Å². The van der Waals surface area contributed by atoms with E-state index in [0.29, 0.717) is 27.3 Å². The Kier molecular flexibility index (Phi) is 8.68. The minimum Gasteiger partial charge on any atom is -0.487 e. The molecule has 1 fully saturated rings. The van der Waals surface area contributed by atoms with Gasteiger partial charge < -0.3 is 15.2 Å². The Balaban J connectivity index is 0.00000103. The molecule has 0 spiro atoms. The van der Waals surface area contributed by atoms with Gasteiger partial charge in [0, 0.05) is 26.7 Å². The van der Waals surface area contributed by atoms with E-state index >= 15 is 0 Å². The van der Waals surface area contributed by atoms with Crippen molar-refractivity contribution in [1.82, 2.24) is 5.32 Å². The van der Waals surface area contributed by atoms with Gasteiger partial charge in [-0.25, -0.2) is 0 Å². The molecule has 0 radical (unpaired) electrons. The van der Waals surface area contributed by atoms with Crippen LogP contribution >= 0.6 is 23.4 Å². The van der Waals surface area contributed by atoms with Gasteiger partial charge in [-0.1, -0.05) is 48.0 Å². The molecule has 1 aliphatic carbocycles. The van der Waals surface area contributed by atoms with Gasteiger partial charge in [0.05, 0.1) is 5.56 Å². The Labute approximate surface area is 203 Å². The molecule has 0 saturated heterocycles. The van der Waals surface area contributed by atoms with Crippen LogP contribution in [0.5, 0.6) is 5.75 Å². The van der Waals surface area contributed by atoms with Gasteiger partial charge in [-0.2, -0.15) is 13.2 Å². The largest absolute Gasteiger partial charge is 0.487 e. The molecule has 0 atom stereocenters. The minimum absolute atomic E-state index is 0.103. The quantitative estimate of drug-likeness (QED) is 0.285. The highest BCUT2D eigenvalue weighted by atomic mass is 35.5. The summed E-state index contributed by atoms with van der Waals surface area (Å²) in [7, 11) is 0. The number of carboxylic acid groups (broad SMARTS) is 1. The molecule has 180 valence electrons. The molecule has 34 heavy (non-hydrogen) atoms. The van der Waals surface area contributed by atoms with Crippen LogP contribution in [0.1, 0.15) is 35.2 Å². The molecular weight excluding hydrogens is 491 g/mol. The maximum absolute atomic E-state index is 12.9. The third-order valence-electron chi connectivity index (χ3n) is 5.17. The number of hydrogen-bond donors (Lipinski definition) is 2. The van der Waals surface area contributed by atoms with E-state index < -0.39 is 5.51 Å². The van der Waals surface area contributed by atoms with Crippen LogP contribution in [0.15, 0.2) is 59.5 Å². The fourth-order valence-electron chi connectivity index (χ4n) is 3.39. The fourth-order valence-corrected chi connectivity index (χ4v) is 4.20. The van der Waals surface area contributed by atoms with Crippen LogP contribution in [0.4, 0.5) is 13.2 Å². The number of carbonyl (C=O) groups excluding carboxylic acids is 1. The highest BCUT2D eigenvalue weighted by molar-refractivity contribution is 8.00. The van der Waals surface area contributed by atoms with Crippen molar-refractivity contribution in [2.24, 2.45) is 0 Å². The Morgan fingerprint density at radius 1 is 1.15 bits per heavy atom. The number of thioether (sulfide) groups is 1. The molecule has 0 aliphatic heterocycles. The lowest BCUT2D eigenvalue weighted by Crippen LogP contribution is -2.39. The predicted molar refractivity (Wildman–Crippen MR) is 125 cm³/mol. The molecule has 4 rings (SSSR count). The Hall–Kier alpha value is -2.91. The van der Waals surface area contributed by atoms with E-state index in [1.165, 1.54) is 12.1 Å². The summed E-state index contributed by atoms with van der Waals surface area (Å²) in [4.78, 5) is 21.4. The summed E-state index contributed by atoms with van der Waals surface area (Å²) in [6, 6.07) is 15.1. The zero-order valence-electron chi connectivity index (χ0n) is 17.8. The monoisotopic (exact) mass is 511 g/mol. The molecule has 1 saturated carbocycles. The number of rotatable bonds is 6. The summed E-state index contributed by atoms with van der Waals surface area (Å²) >= 11 is 6.26. The van der Waals surface area contributed by atoms with Gasteiger partial charge in [-0.05, 0) is 54.8 Å². The van der Waals surface area contributed by atoms with E-state index in [4.69, 9.17) is 26.2 Å². The molecule has 0 heterocycles. The number of ether oxygens (including phenoxy) is 1. The molecule has 1 aliphatic rings. The summed E-state index contributed by atoms with van der Waals surface area (Å²) in [5.41, 5.74) is -3.29. The number of halogens is 4. The maximum atomic E-state index is 12.9. The van der Waals surface area contributed by atoms with E-state index in [1.807, 2.05) is 24.3 Å². The van der Waals surface area contributed by atoms with E-state index in [1.54, 1.807) is 18.2 Å². The number of fused-ring (bicyclic) bond motifs is 1. The van der Waals surface area contributed by atoms with Crippen molar-refractivity contribution >= 4 is 46.5 Å². The second-order valence-corrected chi connectivity index (χ2v) is 9.01. The SMILES string of the molecule is O=C(NC1CCC1)c1cc(Cl)c2ccccc2c1OCc1ccc(SC(F)(F)F)cc1.O=CO. The molecule has 3 aromatic rings. The summed E-state index contributed by atoms with van der Waals surface area (Å²) in [6.45, 7) is -0.147. The fraction of sp³-hybridized carbons (Fsp3) is 0.250. The Morgan fingerprint density at radius 3 is 2.32 bits per heavy atom. The Morgan fingerprint density at radius 2 is 1.76 bits per heavy atom. The van der Waals surface area contributed by atoms with Crippen molar-refractivity contribution in [2.75, 3.05) is 0 Å². The van der Waals surface area contributed by atoms with E-state index in [0.717, 1.165) is 24.6 Å². The van der Waals surface area contributed by atoms with Crippen molar-refractivity contribution in [1.29, 1.82) is 0 Å². The summed E-state index contributed by atoms with van der Waals surface area (Å²) in [5.74, 6) is 0.162. The first-order valence-corrected chi connectivity index (χ1v) is 11.5. The number of alkyl halides is 3. The van der Waals surface area contributed by atoms with Gasteiger partial charge >= 0.3 is 5.51 Å². The van der Waals surface area contributed by atoms with Crippen LogP contribution in [0.3, 0.4) is 0 Å². The summed E-state index contributed by atoms with van der Waals surface area (Å²) in [5, 5.41) is 11.8. The lowest BCUT2D eigenvalue weighted by atomic mass is 9.92. The van der Waals surface area contributed by atoms with Gasteiger partial charge in [0.15, 0.2) is 0 Å². The van der Waals surface area contributed by atoms with Crippen molar-refractivity contribution in [3.63, 3.8) is 0 Å². The number of nitrogens with one attached hydrogen (secondary N) is 1. The minimum atomic E-state index is -4.33. The zero-order chi connectivity index (χ0) is 24.7. The van der Waals surface area contributed by atoms with Gasteiger partial charge in [-0.15, -0.1) is 0 Å². The van der Waals surface area contributed by atoms with Crippen LogP contribution < -0.4 is 10.1 Å². The summed E-state index contributed by atoms with van der Waals surface area (Å²) < 4.78 is 43.6. The second kappa shape index (κ2) is 11.5. The first-order chi connectivity index (χ1) is 16.2. The first-order valence-electron chi connectivity index (χ1n) is 10.3. The molecule has 0 unspecified atom stereocenters. The third kappa shape index (κ3) is 6.80. The highest BCUT2D eigenvalue weighted by Gasteiger charge is 2.29. The first kappa shape index (κ1) is 25.7. The maximum Gasteiger partial charge on any atom is 0.446 e. The number of carbonyl (C=O) groups is 2. The van der Waals surface area contributed by atoms with Crippen LogP contribution in [0.25, 0.3) is 10.8 Å². The third-order valence-corrected chi connectivity index (χ3v) is 6.22. The number of amides is 1. The molecule has 5 nitrogen and oxygen atoms in total. The van der Waals surface area contributed by atoms with Crippen LogP contribution in [-0.4, -0.2) is 29.0 Å². The van der Waals surface area contributed by atoms with E-state index in [2.05, 4.69) is 5.32 Å². The van der Waals surface area contributed by atoms with Crippen LogP contribution in [0, 0.1) is 0 Å². The number of benzene rings is 3. The smallest absolute Gasteiger partial charge is 0.446 e. The standard InChI is InChI=1S/C23H19ClF3NO2S.CH2O2/c24-20-12-19(22(29)28-15-4-3-5-15)21(18-7-2-1-6-17(18)20)30-13-14-8-10-16(11-9-14)31-23(25,26)27;2-1-3/h1-2,6-12,15H,3-5,13H2,(H,28,29);1H,(H,2,3). The Bertz CT molecular complexity index is 1150. The molecule has 10 heteroatoms. The molecule has 1 amide bonds. The van der Waals surface area contributed by atoms with Crippen molar-refractivity contribution in [3.8, 4) is 5.75 Å². The van der Waals surface area contributed by atoms with E-state index in [-0.39, 0.29) is 41.7 Å². The summed E-state index contributed by atoms with van der Waals surface area (Å²) in [6.07, 6.45) is 2.99. The molecule has 0 aromatic heterocycles. The average molecular weight is 512 g/mol. The molecule has 0 bridgehead atoms. The molecule has 2 N–H and O–H groups in total. The lowest BCUT2D eigenvalue weighted by molar-refractivity contribution is -0.122.